The molecule has 0 radical (unpaired) electrons. The topological polar surface area (TPSA) is 62.2 Å². The van der Waals surface area contributed by atoms with Gasteiger partial charge >= 0.3 is 5.97 Å². The number of pyridine rings is 1. The van der Waals surface area contributed by atoms with Gasteiger partial charge in [0.25, 0.3) is 0 Å². The van der Waals surface area contributed by atoms with Crippen molar-refractivity contribution in [3.63, 3.8) is 0 Å². The number of nitrogens with zero attached hydrogens (tertiary/aromatic N) is 1. The van der Waals surface area contributed by atoms with E-state index >= 15 is 0 Å². The molecule has 0 amide bonds. The molecule has 2 aromatic rings. The minimum absolute atomic E-state index is 0.193. The van der Waals surface area contributed by atoms with E-state index in [2.05, 4.69) is 10.3 Å². The molecule has 19 heavy (non-hydrogen) atoms. The van der Waals surface area contributed by atoms with Crippen molar-refractivity contribution in [3.8, 4) is 0 Å². The first-order valence-electron chi connectivity index (χ1n) is 5.75. The van der Waals surface area contributed by atoms with Crippen molar-refractivity contribution >= 4 is 23.3 Å². The maximum atomic E-state index is 11.1. The van der Waals surface area contributed by atoms with Gasteiger partial charge in [-0.25, -0.2) is 4.79 Å². The highest BCUT2D eigenvalue weighted by Crippen LogP contribution is 2.25. The fourth-order valence-electron chi connectivity index (χ4n) is 1.74. The Morgan fingerprint density at radius 2 is 2.16 bits per heavy atom. The second-order valence-corrected chi connectivity index (χ2v) is 4.47. The van der Waals surface area contributed by atoms with Crippen LogP contribution in [-0.4, -0.2) is 16.1 Å². The molecule has 0 atom stereocenters. The standard InChI is InChI=1S/C14H13ClN2O2/c1-9-4-2-6-11(13(9)15)17-8-12-10(14(18)19)5-3-7-16-12/h2-7,17H,8H2,1H3,(H,18,19). The Balaban J connectivity index is 2.19. The van der Waals surface area contributed by atoms with Crippen LogP contribution >= 0.6 is 11.6 Å². The number of halogens is 1. The molecule has 4 nitrogen and oxygen atoms in total. The van der Waals surface area contributed by atoms with Crippen LogP contribution in [0.1, 0.15) is 21.6 Å². The molecule has 0 spiro atoms. The van der Waals surface area contributed by atoms with Crippen LogP contribution in [0.3, 0.4) is 0 Å². The number of carboxylic acids is 1. The minimum Gasteiger partial charge on any atom is -0.478 e. The molecular weight excluding hydrogens is 264 g/mol. The van der Waals surface area contributed by atoms with Crippen molar-refractivity contribution in [1.82, 2.24) is 4.98 Å². The lowest BCUT2D eigenvalue weighted by Crippen LogP contribution is -2.09. The van der Waals surface area contributed by atoms with Crippen LogP contribution in [0.15, 0.2) is 36.5 Å². The van der Waals surface area contributed by atoms with Crippen molar-refractivity contribution in [2.75, 3.05) is 5.32 Å². The van der Waals surface area contributed by atoms with Gasteiger partial charge in [0.15, 0.2) is 0 Å². The Kier molecular flexibility index (Phi) is 4.02. The summed E-state index contributed by atoms with van der Waals surface area (Å²) in [6.07, 6.45) is 1.57. The number of nitrogens with one attached hydrogen (secondary N) is 1. The van der Waals surface area contributed by atoms with Crippen LogP contribution in [0.5, 0.6) is 0 Å². The zero-order valence-corrected chi connectivity index (χ0v) is 11.1. The molecular formula is C14H13ClN2O2. The summed E-state index contributed by atoms with van der Waals surface area (Å²) in [4.78, 5) is 15.1. The number of anilines is 1. The Morgan fingerprint density at radius 1 is 1.37 bits per heavy atom. The summed E-state index contributed by atoms with van der Waals surface area (Å²) in [7, 11) is 0. The van der Waals surface area contributed by atoms with E-state index in [0.29, 0.717) is 17.3 Å². The van der Waals surface area contributed by atoms with Gasteiger partial charge in [-0.2, -0.15) is 0 Å². The van der Waals surface area contributed by atoms with Crippen LogP contribution in [0, 0.1) is 6.92 Å². The first-order chi connectivity index (χ1) is 9.09. The molecule has 0 bridgehead atoms. The van der Waals surface area contributed by atoms with Crippen LogP contribution in [0.25, 0.3) is 0 Å². The fourth-order valence-corrected chi connectivity index (χ4v) is 1.93. The van der Waals surface area contributed by atoms with Crippen LogP contribution < -0.4 is 5.32 Å². The molecule has 98 valence electrons. The summed E-state index contributed by atoms with van der Waals surface area (Å²) in [5, 5.41) is 12.8. The van der Waals surface area contributed by atoms with E-state index in [-0.39, 0.29) is 5.56 Å². The summed E-state index contributed by atoms with van der Waals surface area (Å²) in [5.41, 5.74) is 2.40. The van der Waals surface area contributed by atoms with Gasteiger partial charge in [-0.1, -0.05) is 23.7 Å². The fraction of sp³-hybridized carbons (Fsp3) is 0.143. The Hall–Kier alpha value is -2.07. The molecule has 0 aliphatic carbocycles. The van der Waals surface area contributed by atoms with Crippen molar-refractivity contribution in [1.29, 1.82) is 0 Å². The minimum atomic E-state index is -0.986. The highest BCUT2D eigenvalue weighted by Gasteiger charge is 2.10. The molecule has 1 aromatic carbocycles. The monoisotopic (exact) mass is 276 g/mol. The average Bonchev–Trinajstić information content (AvgIpc) is 2.40. The van der Waals surface area contributed by atoms with Crippen molar-refractivity contribution in [3.05, 3.63) is 58.4 Å². The smallest absolute Gasteiger partial charge is 0.337 e. The lowest BCUT2D eigenvalue weighted by molar-refractivity contribution is 0.0695. The van der Waals surface area contributed by atoms with E-state index in [1.165, 1.54) is 6.07 Å². The van der Waals surface area contributed by atoms with E-state index in [4.69, 9.17) is 16.7 Å². The molecule has 1 aromatic heterocycles. The predicted octanol–water partition coefficient (Wildman–Crippen LogP) is 3.35. The molecule has 0 fully saturated rings. The van der Waals surface area contributed by atoms with E-state index in [1.807, 2.05) is 25.1 Å². The molecule has 1 heterocycles. The third-order valence-corrected chi connectivity index (χ3v) is 3.26. The lowest BCUT2D eigenvalue weighted by Gasteiger charge is -2.10. The number of rotatable bonds is 4. The number of hydrogen-bond acceptors (Lipinski definition) is 3. The number of aromatic carboxylic acids is 1. The maximum Gasteiger partial charge on any atom is 0.337 e. The third-order valence-electron chi connectivity index (χ3n) is 2.76. The predicted molar refractivity (Wildman–Crippen MR) is 74.7 cm³/mol. The first kappa shape index (κ1) is 13.4. The van der Waals surface area contributed by atoms with Crippen molar-refractivity contribution in [2.45, 2.75) is 13.5 Å². The van der Waals surface area contributed by atoms with Gasteiger partial charge in [0.2, 0.25) is 0 Å². The molecule has 2 N–H and O–H groups in total. The molecule has 2 rings (SSSR count). The number of benzene rings is 1. The summed E-state index contributed by atoms with van der Waals surface area (Å²) in [6.45, 7) is 2.22. The van der Waals surface area contributed by atoms with Crippen LogP contribution in [0.4, 0.5) is 5.69 Å². The zero-order chi connectivity index (χ0) is 13.8. The first-order valence-corrected chi connectivity index (χ1v) is 6.13. The number of aromatic nitrogens is 1. The normalized spacial score (nSPS) is 10.2. The summed E-state index contributed by atoms with van der Waals surface area (Å²) in [6, 6.07) is 8.78. The van der Waals surface area contributed by atoms with Gasteiger partial charge in [-0.15, -0.1) is 0 Å². The van der Waals surface area contributed by atoms with E-state index in [0.717, 1.165) is 11.3 Å². The van der Waals surface area contributed by atoms with Gasteiger partial charge in [0.1, 0.15) is 0 Å². The Bertz CT molecular complexity index is 614. The number of carbonyl (C=O) groups is 1. The Labute approximate surface area is 116 Å². The highest BCUT2D eigenvalue weighted by molar-refractivity contribution is 6.33. The van der Waals surface area contributed by atoms with Gasteiger partial charge < -0.3 is 10.4 Å². The number of aryl methyl sites for hydroxylation is 1. The quantitative estimate of drug-likeness (QED) is 0.899. The second kappa shape index (κ2) is 5.71. The van der Waals surface area contributed by atoms with Crippen molar-refractivity contribution in [2.24, 2.45) is 0 Å². The average molecular weight is 277 g/mol. The summed E-state index contributed by atoms with van der Waals surface area (Å²) in [5.74, 6) is -0.986. The van der Waals surface area contributed by atoms with E-state index in [1.54, 1.807) is 12.3 Å². The Morgan fingerprint density at radius 3 is 2.89 bits per heavy atom. The molecule has 0 aliphatic rings. The molecule has 0 unspecified atom stereocenters. The van der Waals surface area contributed by atoms with E-state index < -0.39 is 5.97 Å². The van der Waals surface area contributed by atoms with Gasteiger partial charge in [0.05, 0.1) is 28.5 Å². The maximum absolute atomic E-state index is 11.1. The largest absolute Gasteiger partial charge is 0.478 e. The van der Waals surface area contributed by atoms with Gasteiger partial charge in [-0.3, -0.25) is 4.98 Å². The van der Waals surface area contributed by atoms with Crippen LogP contribution in [-0.2, 0) is 6.54 Å². The zero-order valence-electron chi connectivity index (χ0n) is 10.4. The summed E-state index contributed by atoms with van der Waals surface area (Å²) >= 11 is 6.16. The number of carboxylic acid groups (broad SMARTS) is 1. The third kappa shape index (κ3) is 3.03. The van der Waals surface area contributed by atoms with Crippen molar-refractivity contribution < 1.29 is 9.90 Å². The van der Waals surface area contributed by atoms with Crippen LogP contribution in [0.2, 0.25) is 5.02 Å². The second-order valence-electron chi connectivity index (χ2n) is 4.09. The lowest BCUT2D eigenvalue weighted by atomic mass is 10.2. The molecule has 0 saturated heterocycles. The van der Waals surface area contributed by atoms with Gasteiger partial charge in [-0.05, 0) is 30.7 Å². The molecule has 0 aliphatic heterocycles. The summed E-state index contributed by atoms with van der Waals surface area (Å²) < 4.78 is 0. The highest BCUT2D eigenvalue weighted by atomic mass is 35.5. The van der Waals surface area contributed by atoms with E-state index in [9.17, 15) is 4.79 Å². The van der Waals surface area contributed by atoms with Gasteiger partial charge in [0, 0.05) is 6.20 Å². The molecule has 0 saturated carbocycles. The SMILES string of the molecule is Cc1cccc(NCc2ncccc2C(=O)O)c1Cl. The molecule has 5 heteroatoms. The number of hydrogen-bond donors (Lipinski definition) is 2.